The molecule has 0 spiro atoms. The zero-order valence-corrected chi connectivity index (χ0v) is 8.60. The van der Waals surface area contributed by atoms with Crippen molar-refractivity contribution < 1.29 is 9.90 Å². The van der Waals surface area contributed by atoms with Crippen LogP contribution in [0.2, 0.25) is 0 Å². The van der Waals surface area contributed by atoms with Crippen molar-refractivity contribution in [2.45, 2.75) is 25.2 Å². The molecule has 0 saturated carbocycles. The van der Waals surface area contributed by atoms with Crippen LogP contribution in [-0.2, 0) is 11.2 Å². The molecule has 2 N–H and O–H groups in total. The van der Waals surface area contributed by atoms with Crippen LogP contribution in [0.25, 0.3) is 0 Å². The summed E-state index contributed by atoms with van der Waals surface area (Å²) < 4.78 is 0.880. The van der Waals surface area contributed by atoms with Crippen molar-refractivity contribution in [1.82, 2.24) is 4.98 Å². The monoisotopic (exact) mass is 243 g/mol. The van der Waals surface area contributed by atoms with Crippen LogP contribution in [0.15, 0.2) is 10.7 Å². The Kier molecular flexibility index (Phi) is 2.15. The summed E-state index contributed by atoms with van der Waals surface area (Å²) >= 11 is 3.32. The van der Waals surface area contributed by atoms with E-state index < -0.39 is 5.97 Å². The largest absolute Gasteiger partial charge is 0.481 e. The molecule has 0 radical (unpaired) electrons. The maximum Gasteiger partial charge on any atom is 0.311 e. The van der Waals surface area contributed by atoms with Crippen LogP contribution in [0.3, 0.4) is 0 Å². The third kappa shape index (κ3) is 1.50. The maximum absolute atomic E-state index is 10.9. The number of H-pyrrole nitrogens is 1. The van der Waals surface area contributed by atoms with Gasteiger partial charge in [-0.1, -0.05) is 0 Å². The second kappa shape index (κ2) is 3.18. The van der Waals surface area contributed by atoms with E-state index in [-0.39, 0.29) is 5.92 Å². The van der Waals surface area contributed by atoms with Crippen molar-refractivity contribution in [3.05, 3.63) is 21.9 Å². The molecular formula is C9H10BrNO2. The Hall–Kier alpha value is -0.770. The van der Waals surface area contributed by atoms with E-state index in [2.05, 4.69) is 20.9 Å². The molecule has 1 atom stereocenters. The van der Waals surface area contributed by atoms with E-state index in [1.807, 2.05) is 6.07 Å². The summed E-state index contributed by atoms with van der Waals surface area (Å²) in [4.78, 5) is 14.0. The molecule has 1 aromatic heterocycles. The number of aromatic amines is 1. The Morgan fingerprint density at radius 1 is 1.69 bits per heavy atom. The molecule has 0 aliphatic heterocycles. The fourth-order valence-corrected chi connectivity index (χ4v) is 2.37. The van der Waals surface area contributed by atoms with Crippen LogP contribution in [-0.4, -0.2) is 16.1 Å². The minimum absolute atomic E-state index is 0.314. The summed E-state index contributed by atoms with van der Waals surface area (Å²) in [7, 11) is 0. The first-order valence-electron chi connectivity index (χ1n) is 4.28. The normalized spacial score (nSPS) is 21.2. The van der Waals surface area contributed by atoms with Gasteiger partial charge in [-0.15, -0.1) is 0 Å². The van der Waals surface area contributed by atoms with Gasteiger partial charge in [0.2, 0.25) is 0 Å². The van der Waals surface area contributed by atoms with Crippen molar-refractivity contribution in [3.8, 4) is 0 Å². The molecule has 1 heterocycles. The van der Waals surface area contributed by atoms with Gasteiger partial charge in [-0.3, -0.25) is 4.79 Å². The van der Waals surface area contributed by atoms with Gasteiger partial charge in [-0.25, -0.2) is 0 Å². The Bertz CT molecular complexity index is 345. The summed E-state index contributed by atoms with van der Waals surface area (Å²) in [6.45, 7) is 0. The fraction of sp³-hybridized carbons (Fsp3) is 0.444. The smallest absolute Gasteiger partial charge is 0.311 e. The second-order valence-corrected chi connectivity index (χ2v) is 4.19. The highest BCUT2D eigenvalue weighted by atomic mass is 79.9. The Morgan fingerprint density at radius 3 is 3.15 bits per heavy atom. The van der Waals surface area contributed by atoms with Crippen LogP contribution in [0.1, 0.15) is 30.0 Å². The van der Waals surface area contributed by atoms with Gasteiger partial charge in [0.15, 0.2) is 0 Å². The molecule has 3 nitrogen and oxygen atoms in total. The molecule has 1 unspecified atom stereocenters. The molecule has 0 fully saturated rings. The number of carboxylic acids is 1. The number of hydrogen-bond donors (Lipinski definition) is 2. The molecule has 0 aromatic carbocycles. The first kappa shape index (κ1) is 8.81. The number of fused-ring (bicyclic) bond motifs is 1. The summed E-state index contributed by atoms with van der Waals surface area (Å²) in [6, 6.07) is 1.88. The molecule has 1 aliphatic rings. The Balaban J connectivity index is 2.41. The highest BCUT2D eigenvalue weighted by Crippen LogP contribution is 2.33. The average molecular weight is 244 g/mol. The number of aryl methyl sites for hydroxylation is 1. The van der Waals surface area contributed by atoms with E-state index in [1.165, 1.54) is 0 Å². The summed E-state index contributed by atoms with van der Waals surface area (Å²) in [5, 5.41) is 8.97. The quantitative estimate of drug-likeness (QED) is 0.796. The third-order valence-corrected chi connectivity index (χ3v) is 2.92. The number of halogens is 1. The lowest BCUT2D eigenvalue weighted by Crippen LogP contribution is -2.16. The van der Waals surface area contributed by atoms with Gasteiger partial charge in [-0.05, 0) is 46.8 Å². The zero-order chi connectivity index (χ0) is 9.42. The van der Waals surface area contributed by atoms with Gasteiger partial charge in [0.1, 0.15) is 0 Å². The van der Waals surface area contributed by atoms with Crippen LogP contribution in [0.5, 0.6) is 0 Å². The van der Waals surface area contributed by atoms with Crippen molar-refractivity contribution in [2.24, 2.45) is 0 Å². The molecule has 13 heavy (non-hydrogen) atoms. The first-order valence-corrected chi connectivity index (χ1v) is 5.08. The van der Waals surface area contributed by atoms with E-state index in [0.29, 0.717) is 0 Å². The number of rotatable bonds is 1. The SMILES string of the molecule is O=C(O)C1CCCc2[nH]c(Br)cc21. The lowest BCUT2D eigenvalue weighted by atomic mass is 9.87. The molecule has 0 amide bonds. The number of aliphatic carboxylic acids is 1. The Labute approximate surface area is 84.3 Å². The van der Waals surface area contributed by atoms with Crippen molar-refractivity contribution in [3.63, 3.8) is 0 Å². The fourth-order valence-electron chi connectivity index (χ4n) is 1.89. The third-order valence-electron chi connectivity index (χ3n) is 2.49. The molecule has 1 aromatic rings. The van der Waals surface area contributed by atoms with Crippen LogP contribution < -0.4 is 0 Å². The van der Waals surface area contributed by atoms with Gasteiger partial charge in [0.25, 0.3) is 0 Å². The van der Waals surface area contributed by atoms with E-state index >= 15 is 0 Å². The van der Waals surface area contributed by atoms with Gasteiger partial charge in [-0.2, -0.15) is 0 Å². The van der Waals surface area contributed by atoms with Gasteiger partial charge in [0, 0.05) is 5.69 Å². The second-order valence-electron chi connectivity index (χ2n) is 3.33. The van der Waals surface area contributed by atoms with Crippen molar-refractivity contribution >= 4 is 21.9 Å². The molecule has 0 bridgehead atoms. The predicted octanol–water partition coefficient (Wildman–Crippen LogP) is 2.28. The van der Waals surface area contributed by atoms with E-state index in [1.54, 1.807) is 0 Å². The van der Waals surface area contributed by atoms with Crippen LogP contribution in [0, 0.1) is 0 Å². The number of hydrogen-bond acceptors (Lipinski definition) is 1. The van der Waals surface area contributed by atoms with Gasteiger partial charge < -0.3 is 10.1 Å². The standard InChI is InChI=1S/C9H10BrNO2/c10-8-4-6-5(9(12)13)2-1-3-7(6)11-8/h4-5,11H,1-3H2,(H,12,13). The minimum Gasteiger partial charge on any atom is -0.481 e. The number of carboxylic acid groups (broad SMARTS) is 1. The molecule has 2 rings (SSSR count). The van der Waals surface area contributed by atoms with Gasteiger partial charge >= 0.3 is 5.97 Å². The van der Waals surface area contributed by atoms with E-state index in [4.69, 9.17) is 5.11 Å². The van der Waals surface area contributed by atoms with Crippen LogP contribution in [0.4, 0.5) is 0 Å². The molecule has 70 valence electrons. The summed E-state index contributed by atoms with van der Waals surface area (Å²) in [5.74, 6) is -1.03. The average Bonchev–Trinajstić information content (AvgIpc) is 2.43. The predicted molar refractivity (Wildman–Crippen MR) is 51.8 cm³/mol. The molecular weight excluding hydrogens is 234 g/mol. The minimum atomic E-state index is -0.715. The van der Waals surface area contributed by atoms with Gasteiger partial charge in [0.05, 0.1) is 10.5 Å². The Morgan fingerprint density at radius 2 is 2.46 bits per heavy atom. The maximum atomic E-state index is 10.9. The number of carbonyl (C=O) groups is 1. The molecule has 1 aliphatic carbocycles. The zero-order valence-electron chi connectivity index (χ0n) is 7.01. The van der Waals surface area contributed by atoms with Crippen molar-refractivity contribution in [2.75, 3.05) is 0 Å². The topological polar surface area (TPSA) is 53.1 Å². The molecule has 4 heteroatoms. The van der Waals surface area contributed by atoms with Crippen LogP contribution >= 0.6 is 15.9 Å². The summed E-state index contributed by atoms with van der Waals surface area (Å²) in [6.07, 6.45) is 2.67. The van der Waals surface area contributed by atoms with E-state index in [9.17, 15) is 4.79 Å². The molecule has 0 saturated heterocycles. The lowest BCUT2D eigenvalue weighted by Gasteiger charge is -2.18. The highest BCUT2D eigenvalue weighted by molar-refractivity contribution is 9.10. The number of aromatic nitrogens is 1. The first-order chi connectivity index (χ1) is 6.18. The highest BCUT2D eigenvalue weighted by Gasteiger charge is 2.27. The van der Waals surface area contributed by atoms with E-state index in [0.717, 1.165) is 35.1 Å². The lowest BCUT2D eigenvalue weighted by molar-refractivity contribution is -0.139. The number of nitrogens with one attached hydrogen (secondary N) is 1. The van der Waals surface area contributed by atoms with Crippen molar-refractivity contribution in [1.29, 1.82) is 0 Å². The summed E-state index contributed by atoms with van der Waals surface area (Å²) in [5.41, 5.74) is 2.02.